The van der Waals surface area contributed by atoms with Crippen LogP contribution in [0.4, 0.5) is 4.79 Å². The molecule has 0 radical (unpaired) electrons. The van der Waals surface area contributed by atoms with Crippen molar-refractivity contribution >= 4 is 12.1 Å². The highest BCUT2D eigenvalue weighted by Crippen LogP contribution is 2.06. The SMILES string of the molecule is CCCC(=O)OC(C)OCCNC(=O)OC(C)(C)C. The summed E-state index contributed by atoms with van der Waals surface area (Å²) in [6.45, 7) is 9.46. The van der Waals surface area contributed by atoms with E-state index in [1.165, 1.54) is 0 Å². The molecule has 0 aliphatic rings. The second-order valence-electron chi connectivity index (χ2n) is 5.11. The Morgan fingerprint density at radius 2 is 1.89 bits per heavy atom. The van der Waals surface area contributed by atoms with Gasteiger partial charge in [-0.05, 0) is 34.1 Å². The molecule has 1 amide bonds. The molecule has 1 N–H and O–H groups in total. The van der Waals surface area contributed by atoms with Gasteiger partial charge >= 0.3 is 12.1 Å². The van der Waals surface area contributed by atoms with Crippen LogP contribution in [0.5, 0.6) is 0 Å². The normalized spacial score (nSPS) is 12.7. The molecule has 6 heteroatoms. The van der Waals surface area contributed by atoms with Crippen LogP contribution in [0.25, 0.3) is 0 Å². The minimum Gasteiger partial charge on any atom is -0.444 e. The standard InChI is InChI=1S/C13H25NO5/c1-6-7-11(15)18-10(2)17-9-8-14-12(16)19-13(3,4)5/h10H,6-9H2,1-5H3,(H,14,16). The van der Waals surface area contributed by atoms with Crippen LogP contribution >= 0.6 is 0 Å². The third-order valence-corrected chi connectivity index (χ3v) is 1.87. The molecule has 0 aromatic rings. The molecule has 0 bridgehead atoms. The fourth-order valence-corrected chi connectivity index (χ4v) is 1.17. The van der Waals surface area contributed by atoms with Crippen LogP contribution in [0.1, 0.15) is 47.5 Å². The van der Waals surface area contributed by atoms with E-state index >= 15 is 0 Å². The summed E-state index contributed by atoms with van der Waals surface area (Å²) in [6, 6.07) is 0. The number of ether oxygens (including phenoxy) is 3. The van der Waals surface area contributed by atoms with E-state index in [1.807, 2.05) is 6.92 Å². The van der Waals surface area contributed by atoms with Crippen molar-refractivity contribution in [1.82, 2.24) is 5.32 Å². The molecule has 0 aliphatic heterocycles. The van der Waals surface area contributed by atoms with E-state index in [0.29, 0.717) is 13.0 Å². The lowest BCUT2D eigenvalue weighted by Gasteiger charge is -2.20. The molecule has 0 aliphatic carbocycles. The molecule has 0 aromatic carbocycles. The lowest BCUT2D eigenvalue weighted by Crippen LogP contribution is -2.35. The maximum absolute atomic E-state index is 11.3. The molecule has 19 heavy (non-hydrogen) atoms. The van der Waals surface area contributed by atoms with Gasteiger partial charge in [-0.3, -0.25) is 4.79 Å². The Kier molecular flexibility index (Phi) is 8.14. The summed E-state index contributed by atoms with van der Waals surface area (Å²) >= 11 is 0. The fourth-order valence-electron chi connectivity index (χ4n) is 1.17. The molecule has 0 aromatic heterocycles. The van der Waals surface area contributed by atoms with E-state index < -0.39 is 18.0 Å². The van der Waals surface area contributed by atoms with Gasteiger partial charge in [0.25, 0.3) is 0 Å². The van der Waals surface area contributed by atoms with Gasteiger partial charge in [0.1, 0.15) is 5.60 Å². The highest BCUT2D eigenvalue weighted by molar-refractivity contribution is 5.69. The largest absolute Gasteiger partial charge is 0.444 e. The first-order valence-corrected chi connectivity index (χ1v) is 6.52. The van der Waals surface area contributed by atoms with Crippen molar-refractivity contribution in [2.45, 2.75) is 59.4 Å². The van der Waals surface area contributed by atoms with E-state index in [4.69, 9.17) is 14.2 Å². The Labute approximate surface area is 114 Å². The van der Waals surface area contributed by atoms with Crippen molar-refractivity contribution in [3.05, 3.63) is 0 Å². The van der Waals surface area contributed by atoms with Crippen molar-refractivity contribution in [3.8, 4) is 0 Å². The van der Waals surface area contributed by atoms with E-state index in [0.717, 1.165) is 6.42 Å². The highest BCUT2D eigenvalue weighted by atomic mass is 16.7. The van der Waals surface area contributed by atoms with Crippen molar-refractivity contribution in [2.75, 3.05) is 13.2 Å². The molecule has 0 rings (SSSR count). The van der Waals surface area contributed by atoms with Gasteiger partial charge in [0.15, 0.2) is 6.29 Å². The third kappa shape index (κ3) is 11.5. The minimum absolute atomic E-state index is 0.250. The zero-order chi connectivity index (χ0) is 14.9. The molecular weight excluding hydrogens is 250 g/mol. The molecule has 1 unspecified atom stereocenters. The molecule has 112 valence electrons. The predicted octanol–water partition coefficient (Wildman–Crippen LogP) is 2.22. The van der Waals surface area contributed by atoms with Crippen LogP contribution in [0.2, 0.25) is 0 Å². The Bertz CT molecular complexity index is 285. The zero-order valence-corrected chi connectivity index (χ0v) is 12.4. The van der Waals surface area contributed by atoms with Crippen LogP contribution in [0.15, 0.2) is 0 Å². The van der Waals surface area contributed by atoms with Gasteiger partial charge < -0.3 is 19.5 Å². The molecule has 6 nitrogen and oxygen atoms in total. The monoisotopic (exact) mass is 275 g/mol. The van der Waals surface area contributed by atoms with Gasteiger partial charge in [0, 0.05) is 13.0 Å². The number of esters is 1. The number of rotatable bonds is 7. The molecular formula is C13H25NO5. The van der Waals surface area contributed by atoms with Gasteiger partial charge in [-0.1, -0.05) is 6.92 Å². The summed E-state index contributed by atoms with van der Waals surface area (Å²) in [5.74, 6) is -0.282. The van der Waals surface area contributed by atoms with Crippen LogP contribution in [-0.4, -0.2) is 37.1 Å². The molecule has 0 spiro atoms. The fraction of sp³-hybridized carbons (Fsp3) is 0.846. The summed E-state index contributed by atoms with van der Waals surface area (Å²) in [4.78, 5) is 22.5. The molecule has 0 fully saturated rings. The van der Waals surface area contributed by atoms with Gasteiger partial charge in [0.2, 0.25) is 0 Å². The smallest absolute Gasteiger partial charge is 0.407 e. The van der Waals surface area contributed by atoms with Gasteiger partial charge in [-0.2, -0.15) is 0 Å². The van der Waals surface area contributed by atoms with Gasteiger partial charge in [0.05, 0.1) is 6.61 Å². The minimum atomic E-state index is -0.612. The number of hydrogen-bond donors (Lipinski definition) is 1. The Morgan fingerprint density at radius 3 is 2.42 bits per heavy atom. The average molecular weight is 275 g/mol. The zero-order valence-electron chi connectivity index (χ0n) is 12.4. The maximum Gasteiger partial charge on any atom is 0.407 e. The van der Waals surface area contributed by atoms with Crippen LogP contribution in [0, 0.1) is 0 Å². The number of hydrogen-bond acceptors (Lipinski definition) is 5. The first-order valence-electron chi connectivity index (χ1n) is 6.52. The maximum atomic E-state index is 11.3. The van der Waals surface area contributed by atoms with E-state index in [9.17, 15) is 9.59 Å². The summed E-state index contributed by atoms with van der Waals surface area (Å²) in [5.41, 5.74) is -0.520. The number of carbonyl (C=O) groups excluding carboxylic acids is 2. The first kappa shape index (κ1) is 17.7. The molecule has 0 saturated carbocycles. The second kappa shape index (κ2) is 8.74. The molecule has 0 heterocycles. The Morgan fingerprint density at radius 1 is 1.26 bits per heavy atom. The average Bonchev–Trinajstić information content (AvgIpc) is 2.22. The number of alkyl carbamates (subject to hydrolysis) is 1. The van der Waals surface area contributed by atoms with Gasteiger partial charge in [-0.25, -0.2) is 4.79 Å². The molecule has 1 atom stereocenters. The Hall–Kier alpha value is -1.30. The lowest BCUT2D eigenvalue weighted by atomic mass is 10.2. The summed E-state index contributed by atoms with van der Waals surface area (Å²) in [5, 5.41) is 2.55. The first-order chi connectivity index (χ1) is 8.74. The van der Waals surface area contributed by atoms with Crippen molar-refractivity contribution in [1.29, 1.82) is 0 Å². The molecule has 0 saturated heterocycles. The lowest BCUT2D eigenvalue weighted by molar-refractivity contribution is -0.174. The second-order valence-corrected chi connectivity index (χ2v) is 5.11. The summed E-state index contributed by atoms with van der Waals surface area (Å²) in [6.07, 6.45) is 0.0153. The van der Waals surface area contributed by atoms with Crippen molar-refractivity contribution in [2.24, 2.45) is 0 Å². The van der Waals surface area contributed by atoms with Crippen molar-refractivity contribution in [3.63, 3.8) is 0 Å². The quantitative estimate of drug-likeness (QED) is 0.438. The van der Waals surface area contributed by atoms with Crippen LogP contribution in [-0.2, 0) is 19.0 Å². The highest BCUT2D eigenvalue weighted by Gasteiger charge is 2.15. The van der Waals surface area contributed by atoms with Crippen LogP contribution in [0.3, 0.4) is 0 Å². The van der Waals surface area contributed by atoms with Crippen molar-refractivity contribution < 1.29 is 23.8 Å². The number of amides is 1. The Balaban J connectivity index is 3.63. The number of carbonyl (C=O) groups is 2. The third-order valence-electron chi connectivity index (χ3n) is 1.87. The van der Waals surface area contributed by atoms with Crippen LogP contribution < -0.4 is 5.32 Å². The summed E-state index contributed by atoms with van der Waals surface area (Å²) < 4.78 is 15.2. The predicted molar refractivity (Wildman–Crippen MR) is 70.7 cm³/mol. The van der Waals surface area contributed by atoms with E-state index in [2.05, 4.69) is 5.32 Å². The summed E-state index contributed by atoms with van der Waals surface area (Å²) in [7, 11) is 0. The van der Waals surface area contributed by atoms with E-state index in [1.54, 1.807) is 27.7 Å². The topological polar surface area (TPSA) is 73.9 Å². The number of nitrogens with one attached hydrogen (secondary N) is 1. The van der Waals surface area contributed by atoms with Gasteiger partial charge in [-0.15, -0.1) is 0 Å². The van der Waals surface area contributed by atoms with E-state index in [-0.39, 0.29) is 12.6 Å².